The van der Waals surface area contributed by atoms with E-state index < -0.39 is 15.8 Å². The molecule has 0 saturated carbocycles. The molecule has 2 aromatic rings. The Morgan fingerprint density at radius 1 is 1.23 bits per heavy atom. The maximum atomic E-state index is 14.1. The molecule has 0 unspecified atom stereocenters. The van der Waals surface area contributed by atoms with Crippen LogP contribution in [0.25, 0.3) is 21.6 Å². The highest BCUT2D eigenvalue weighted by Gasteiger charge is 2.21. The second-order valence-electron chi connectivity index (χ2n) is 7.44. The Morgan fingerprint density at radius 3 is 2.65 bits per heavy atom. The molecule has 1 saturated heterocycles. The van der Waals surface area contributed by atoms with Crippen molar-refractivity contribution in [3.05, 3.63) is 58.7 Å². The fourth-order valence-corrected chi connectivity index (χ4v) is 4.74. The van der Waals surface area contributed by atoms with E-state index in [4.69, 9.17) is 10.3 Å². The van der Waals surface area contributed by atoms with Gasteiger partial charge in [-0.15, -0.1) is 0 Å². The summed E-state index contributed by atoms with van der Waals surface area (Å²) in [5.41, 5.74) is 9.25. The number of azide groups is 1. The van der Waals surface area contributed by atoms with E-state index in [0.29, 0.717) is 30.1 Å². The molecule has 0 amide bonds. The van der Waals surface area contributed by atoms with Crippen molar-refractivity contribution in [2.24, 2.45) is 11.0 Å². The highest BCUT2D eigenvalue weighted by atomic mass is 32.2. The maximum absolute atomic E-state index is 14.1. The third-order valence-electron chi connectivity index (χ3n) is 5.48. The maximum Gasteiger partial charge on any atom is 0.240 e. The molecular formula is C21H26FN5O3S. The number of rotatable bonds is 9. The van der Waals surface area contributed by atoms with Crippen molar-refractivity contribution in [3.63, 3.8) is 0 Å². The molecule has 2 aromatic carbocycles. The molecule has 0 spiro atoms. The van der Waals surface area contributed by atoms with Crippen molar-refractivity contribution in [1.82, 2.24) is 9.62 Å². The zero-order chi connectivity index (χ0) is 22.3. The Kier molecular flexibility index (Phi) is 7.86. The number of piperidine rings is 1. The van der Waals surface area contributed by atoms with Gasteiger partial charge in [-0.1, -0.05) is 23.3 Å². The van der Waals surface area contributed by atoms with E-state index >= 15 is 0 Å². The number of methoxy groups -OCH3 is 1. The number of likely N-dealkylation sites (tertiary alicyclic amines) is 1. The number of sulfonamides is 1. The van der Waals surface area contributed by atoms with Crippen molar-refractivity contribution >= 4 is 10.0 Å². The van der Waals surface area contributed by atoms with Crippen molar-refractivity contribution in [1.29, 1.82) is 0 Å². The minimum absolute atomic E-state index is 0.0671. The summed E-state index contributed by atoms with van der Waals surface area (Å²) >= 11 is 0. The molecule has 8 nitrogen and oxygen atoms in total. The van der Waals surface area contributed by atoms with Crippen LogP contribution < -0.4 is 9.46 Å². The summed E-state index contributed by atoms with van der Waals surface area (Å²) in [4.78, 5) is 5.06. The lowest BCUT2D eigenvalue weighted by Crippen LogP contribution is -2.40. The number of benzene rings is 2. The van der Waals surface area contributed by atoms with E-state index in [1.54, 1.807) is 24.3 Å². The predicted molar refractivity (Wildman–Crippen MR) is 117 cm³/mol. The van der Waals surface area contributed by atoms with Crippen LogP contribution in [0.3, 0.4) is 0 Å². The van der Waals surface area contributed by atoms with Gasteiger partial charge in [0.2, 0.25) is 10.0 Å². The molecule has 1 heterocycles. The van der Waals surface area contributed by atoms with Gasteiger partial charge in [0.1, 0.15) is 11.6 Å². The summed E-state index contributed by atoms with van der Waals surface area (Å²) in [6.45, 7) is 3.08. The largest absolute Gasteiger partial charge is 0.496 e. The van der Waals surface area contributed by atoms with Crippen LogP contribution in [0.1, 0.15) is 12.8 Å². The summed E-state index contributed by atoms with van der Waals surface area (Å²) in [6, 6.07) is 10.7. The molecule has 1 fully saturated rings. The van der Waals surface area contributed by atoms with E-state index in [1.807, 2.05) is 0 Å². The number of ether oxygens (including phenoxy) is 1. The summed E-state index contributed by atoms with van der Waals surface area (Å²) in [5, 5.41) is 3.63. The zero-order valence-electron chi connectivity index (χ0n) is 17.4. The number of nitrogens with one attached hydrogen (secondary N) is 1. The first-order valence-electron chi connectivity index (χ1n) is 10.1. The normalized spacial score (nSPS) is 15.4. The predicted octanol–water partition coefficient (Wildman–Crippen LogP) is 3.80. The first kappa shape index (κ1) is 23.0. The molecule has 1 aliphatic rings. The van der Waals surface area contributed by atoms with Gasteiger partial charge < -0.3 is 9.64 Å². The van der Waals surface area contributed by atoms with Gasteiger partial charge >= 0.3 is 0 Å². The topological polar surface area (TPSA) is 107 Å². The molecule has 0 aromatic heterocycles. The fourth-order valence-electron chi connectivity index (χ4n) is 3.71. The molecule has 166 valence electrons. The van der Waals surface area contributed by atoms with Gasteiger partial charge in [0.15, 0.2) is 0 Å². The number of hydrogen-bond acceptors (Lipinski definition) is 5. The monoisotopic (exact) mass is 447 g/mol. The Labute approximate surface area is 181 Å². The molecule has 10 heteroatoms. The molecule has 0 radical (unpaired) electrons. The van der Waals surface area contributed by atoms with Crippen LogP contribution in [0, 0.1) is 11.7 Å². The van der Waals surface area contributed by atoms with Crippen LogP contribution in [0.4, 0.5) is 4.39 Å². The van der Waals surface area contributed by atoms with Crippen molar-refractivity contribution in [2.45, 2.75) is 17.7 Å². The molecule has 31 heavy (non-hydrogen) atoms. The Morgan fingerprint density at radius 2 is 1.97 bits per heavy atom. The lowest BCUT2D eigenvalue weighted by molar-refractivity contribution is 0.190. The first-order chi connectivity index (χ1) is 14.9. The molecular weight excluding hydrogens is 421 g/mol. The molecule has 0 bridgehead atoms. The van der Waals surface area contributed by atoms with Crippen LogP contribution in [0.5, 0.6) is 5.75 Å². The van der Waals surface area contributed by atoms with Crippen molar-refractivity contribution in [3.8, 4) is 16.9 Å². The standard InChI is InChI=1S/C21H26FN5O3S/c1-30-21-14-17(6-7-19(21)18-4-2-3-5-20(18)22)31(28,29)25-10-13-27-11-8-16(9-12-27)15-24-26-23/h2-7,14,16,25H,8-13,15H2,1H3. The fraction of sp³-hybridized carbons (Fsp3) is 0.429. The van der Waals surface area contributed by atoms with Crippen LogP contribution in [0.15, 0.2) is 52.5 Å². The smallest absolute Gasteiger partial charge is 0.240 e. The summed E-state index contributed by atoms with van der Waals surface area (Å²) in [7, 11) is -2.31. The lowest BCUT2D eigenvalue weighted by Gasteiger charge is -2.31. The van der Waals surface area contributed by atoms with Crippen LogP contribution in [0.2, 0.25) is 0 Å². The second kappa shape index (κ2) is 10.6. The average Bonchev–Trinajstić information content (AvgIpc) is 2.78. The Balaban J connectivity index is 1.61. The van der Waals surface area contributed by atoms with Crippen molar-refractivity contribution in [2.75, 3.05) is 39.8 Å². The highest BCUT2D eigenvalue weighted by Crippen LogP contribution is 2.33. The van der Waals surface area contributed by atoms with E-state index in [9.17, 15) is 12.8 Å². The van der Waals surface area contributed by atoms with E-state index in [1.165, 1.54) is 25.3 Å². The van der Waals surface area contributed by atoms with Gasteiger partial charge in [-0.3, -0.25) is 0 Å². The average molecular weight is 448 g/mol. The molecule has 1 aliphatic heterocycles. The van der Waals surface area contributed by atoms with E-state index in [-0.39, 0.29) is 17.2 Å². The first-order valence-corrected chi connectivity index (χ1v) is 11.6. The quantitative estimate of drug-likeness (QED) is 0.358. The third kappa shape index (κ3) is 5.95. The Bertz CT molecular complexity index is 1050. The van der Waals surface area contributed by atoms with Gasteiger partial charge in [0, 0.05) is 41.7 Å². The van der Waals surface area contributed by atoms with Crippen molar-refractivity contribution < 1.29 is 17.5 Å². The van der Waals surface area contributed by atoms with Gasteiger partial charge in [0.05, 0.1) is 12.0 Å². The summed E-state index contributed by atoms with van der Waals surface area (Å²) in [6.07, 6.45) is 1.86. The number of hydrogen-bond donors (Lipinski definition) is 1. The SMILES string of the molecule is COc1cc(S(=O)(=O)NCCN2CCC(CN=[N+]=[N-])CC2)ccc1-c1ccccc1F. The second-order valence-corrected chi connectivity index (χ2v) is 9.21. The Hall–Kier alpha value is -2.65. The molecule has 0 aliphatic carbocycles. The summed E-state index contributed by atoms with van der Waals surface area (Å²) in [5.74, 6) is 0.275. The molecule has 3 rings (SSSR count). The van der Waals surface area contributed by atoms with E-state index in [2.05, 4.69) is 19.6 Å². The zero-order valence-corrected chi connectivity index (χ0v) is 18.2. The lowest BCUT2D eigenvalue weighted by atomic mass is 9.97. The van der Waals surface area contributed by atoms with Gasteiger partial charge in [-0.25, -0.2) is 17.5 Å². The summed E-state index contributed by atoms with van der Waals surface area (Å²) < 4.78 is 47.5. The van der Waals surface area contributed by atoms with Gasteiger partial charge in [-0.2, -0.15) is 0 Å². The minimum Gasteiger partial charge on any atom is -0.496 e. The number of halogens is 1. The van der Waals surface area contributed by atoms with Crippen LogP contribution in [-0.2, 0) is 10.0 Å². The van der Waals surface area contributed by atoms with Crippen LogP contribution >= 0.6 is 0 Å². The molecule has 0 atom stereocenters. The highest BCUT2D eigenvalue weighted by molar-refractivity contribution is 7.89. The molecule has 1 N–H and O–H groups in total. The number of nitrogens with zero attached hydrogens (tertiary/aromatic N) is 4. The third-order valence-corrected chi connectivity index (χ3v) is 6.94. The van der Waals surface area contributed by atoms with Gasteiger partial charge in [0.25, 0.3) is 0 Å². The minimum atomic E-state index is -3.73. The van der Waals surface area contributed by atoms with Gasteiger partial charge in [-0.05, 0) is 55.6 Å². The van der Waals surface area contributed by atoms with Crippen LogP contribution in [-0.4, -0.2) is 53.2 Å². The van der Waals surface area contributed by atoms with E-state index in [0.717, 1.165) is 25.9 Å².